The highest BCUT2D eigenvalue weighted by atomic mass is 16.2. The zero-order chi connectivity index (χ0) is 9.14. The highest BCUT2D eigenvalue weighted by molar-refractivity contribution is 5.86. The second-order valence-electron chi connectivity index (χ2n) is 2.83. The molecule has 1 fully saturated rings. The number of hydrogen-bond acceptors (Lipinski definition) is 3. The number of hydrogen-bond donors (Lipinski definition) is 2. The Morgan fingerprint density at radius 2 is 2.25 bits per heavy atom. The van der Waals surface area contributed by atoms with Crippen LogP contribution in [-0.4, -0.2) is 42.4 Å². The van der Waals surface area contributed by atoms with Crippen LogP contribution in [0.3, 0.4) is 0 Å². The van der Waals surface area contributed by atoms with Gasteiger partial charge in [-0.05, 0) is 0 Å². The van der Waals surface area contributed by atoms with Crippen LogP contribution in [0.4, 0.5) is 0 Å². The fourth-order valence-corrected chi connectivity index (χ4v) is 1.34. The zero-order valence-corrected chi connectivity index (χ0v) is 7.04. The first-order valence-corrected chi connectivity index (χ1v) is 3.90. The summed E-state index contributed by atoms with van der Waals surface area (Å²) in [7, 11) is 0. The molecule has 5 heteroatoms. The van der Waals surface area contributed by atoms with Gasteiger partial charge >= 0.3 is 0 Å². The average molecular weight is 171 g/mol. The molecule has 68 valence electrons. The van der Waals surface area contributed by atoms with Crippen LogP contribution in [0.25, 0.3) is 0 Å². The lowest BCUT2D eigenvalue weighted by Gasteiger charge is -2.33. The Labute approximate surface area is 70.9 Å². The van der Waals surface area contributed by atoms with Gasteiger partial charge in [0.2, 0.25) is 11.8 Å². The Balaban J connectivity index is 2.67. The van der Waals surface area contributed by atoms with Gasteiger partial charge in [-0.1, -0.05) is 0 Å². The van der Waals surface area contributed by atoms with E-state index in [4.69, 9.17) is 5.73 Å². The lowest BCUT2D eigenvalue weighted by atomic mass is 10.2. The molecular formula is C7H13N3O2. The van der Waals surface area contributed by atoms with Crippen LogP contribution < -0.4 is 11.1 Å². The van der Waals surface area contributed by atoms with Crippen LogP contribution in [0.15, 0.2) is 0 Å². The molecule has 1 saturated heterocycles. The van der Waals surface area contributed by atoms with E-state index in [-0.39, 0.29) is 5.91 Å². The molecule has 0 aromatic heterocycles. The molecule has 0 aromatic carbocycles. The second-order valence-corrected chi connectivity index (χ2v) is 2.83. The van der Waals surface area contributed by atoms with Crippen LogP contribution in [0.2, 0.25) is 0 Å². The van der Waals surface area contributed by atoms with E-state index < -0.39 is 11.9 Å². The van der Waals surface area contributed by atoms with Crippen molar-refractivity contribution in [3.05, 3.63) is 0 Å². The number of nitrogens with two attached hydrogens (primary N) is 1. The molecule has 1 aliphatic heterocycles. The maximum absolute atomic E-state index is 11.0. The summed E-state index contributed by atoms with van der Waals surface area (Å²) in [6.45, 7) is 3.20. The third kappa shape index (κ3) is 1.73. The van der Waals surface area contributed by atoms with Crippen molar-refractivity contribution in [3.63, 3.8) is 0 Å². The minimum absolute atomic E-state index is 0.0969. The van der Waals surface area contributed by atoms with Crippen molar-refractivity contribution in [1.29, 1.82) is 0 Å². The van der Waals surface area contributed by atoms with Crippen LogP contribution in [-0.2, 0) is 9.59 Å². The van der Waals surface area contributed by atoms with Crippen molar-refractivity contribution in [2.45, 2.75) is 13.0 Å². The Hall–Kier alpha value is -1.10. The lowest BCUT2D eigenvalue weighted by Crippen LogP contribution is -2.58. The first-order valence-electron chi connectivity index (χ1n) is 3.90. The molecule has 0 unspecified atom stereocenters. The quantitative estimate of drug-likeness (QED) is 0.493. The Bertz CT molecular complexity index is 183. The number of nitrogens with one attached hydrogen (secondary N) is 1. The van der Waals surface area contributed by atoms with Gasteiger partial charge in [0.25, 0.3) is 0 Å². The molecule has 1 heterocycles. The first-order chi connectivity index (χ1) is 5.63. The average Bonchev–Trinajstić information content (AvgIpc) is 2.04. The molecule has 0 saturated carbocycles. The van der Waals surface area contributed by atoms with Gasteiger partial charge in [-0.3, -0.25) is 9.59 Å². The fraction of sp³-hybridized carbons (Fsp3) is 0.714. The second kappa shape index (κ2) is 3.53. The summed E-state index contributed by atoms with van der Waals surface area (Å²) in [5.74, 6) is -0.544. The van der Waals surface area contributed by atoms with Crippen LogP contribution in [0, 0.1) is 0 Å². The summed E-state index contributed by atoms with van der Waals surface area (Å²) < 4.78 is 0. The van der Waals surface area contributed by atoms with Gasteiger partial charge in [-0.2, -0.15) is 0 Å². The van der Waals surface area contributed by atoms with Crippen molar-refractivity contribution < 1.29 is 9.59 Å². The summed E-state index contributed by atoms with van der Waals surface area (Å²) in [5, 5.41) is 3.01. The molecule has 1 atom stereocenters. The van der Waals surface area contributed by atoms with Crippen molar-refractivity contribution >= 4 is 11.8 Å². The highest BCUT2D eigenvalue weighted by Crippen LogP contribution is 2.02. The smallest absolute Gasteiger partial charge is 0.241 e. The molecule has 12 heavy (non-hydrogen) atoms. The molecule has 1 aliphatic rings. The molecule has 0 aliphatic carbocycles. The third-order valence-electron chi connectivity index (χ3n) is 1.98. The van der Waals surface area contributed by atoms with E-state index in [0.29, 0.717) is 13.1 Å². The molecule has 0 spiro atoms. The maximum Gasteiger partial charge on any atom is 0.241 e. The number of carbonyl (C=O) groups is 2. The monoisotopic (exact) mass is 171 g/mol. The fourth-order valence-electron chi connectivity index (χ4n) is 1.34. The van der Waals surface area contributed by atoms with Gasteiger partial charge in [0.05, 0.1) is 0 Å². The van der Waals surface area contributed by atoms with Crippen molar-refractivity contribution in [1.82, 2.24) is 10.2 Å². The van der Waals surface area contributed by atoms with Gasteiger partial charge in [0.1, 0.15) is 6.04 Å². The van der Waals surface area contributed by atoms with Gasteiger partial charge in [0, 0.05) is 26.6 Å². The maximum atomic E-state index is 11.0. The zero-order valence-electron chi connectivity index (χ0n) is 7.04. The Kier molecular flexibility index (Phi) is 2.65. The Morgan fingerprint density at radius 1 is 1.58 bits per heavy atom. The van der Waals surface area contributed by atoms with E-state index >= 15 is 0 Å². The van der Waals surface area contributed by atoms with E-state index in [2.05, 4.69) is 5.32 Å². The number of nitrogens with zero attached hydrogens (tertiary/aromatic N) is 1. The van der Waals surface area contributed by atoms with Crippen molar-refractivity contribution in [2.24, 2.45) is 5.73 Å². The van der Waals surface area contributed by atoms with Crippen molar-refractivity contribution in [3.8, 4) is 0 Å². The molecular weight excluding hydrogens is 158 g/mol. The van der Waals surface area contributed by atoms with E-state index in [1.807, 2.05) is 0 Å². The number of piperazine rings is 1. The molecule has 5 nitrogen and oxygen atoms in total. The largest absolute Gasteiger partial charge is 0.368 e. The normalized spacial score (nSPS) is 23.8. The summed E-state index contributed by atoms with van der Waals surface area (Å²) in [6.07, 6.45) is 0. The number of primary amides is 1. The molecule has 0 aromatic rings. The van der Waals surface area contributed by atoms with Gasteiger partial charge in [-0.25, -0.2) is 0 Å². The summed E-state index contributed by atoms with van der Waals surface area (Å²) in [5.41, 5.74) is 5.12. The van der Waals surface area contributed by atoms with E-state index in [0.717, 1.165) is 6.54 Å². The third-order valence-corrected chi connectivity index (χ3v) is 1.98. The van der Waals surface area contributed by atoms with Crippen LogP contribution in [0.1, 0.15) is 6.92 Å². The summed E-state index contributed by atoms with van der Waals surface area (Å²) in [6, 6.07) is -0.476. The van der Waals surface area contributed by atoms with E-state index in [1.54, 1.807) is 0 Å². The molecule has 0 bridgehead atoms. The molecule has 1 rings (SSSR count). The molecule has 0 radical (unpaired) electrons. The topological polar surface area (TPSA) is 75.4 Å². The van der Waals surface area contributed by atoms with Gasteiger partial charge in [0.15, 0.2) is 0 Å². The number of carbonyl (C=O) groups excluding carboxylic acids is 2. The SMILES string of the molecule is CC(=O)N1CCNC[C@@H]1C(N)=O. The summed E-state index contributed by atoms with van der Waals surface area (Å²) in [4.78, 5) is 23.4. The minimum Gasteiger partial charge on any atom is -0.368 e. The number of rotatable bonds is 1. The molecule has 2 amide bonds. The van der Waals surface area contributed by atoms with E-state index in [9.17, 15) is 9.59 Å². The summed E-state index contributed by atoms with van der Waals surface area (Å²) >= 11 is 0. The predicted molar refractivity (Wildman–Crippen MR) is 43.2 cm³/mol. The predicted octanol–water partition coefficient (Wildman–Crippen LogP) is -1.71. The Morgan fingerprint density at radius 3 is 2.67 bits per heavy atom. The van der Waals surface area contributed by atoms with Gasteiger partial charge in [-0.15, -0.1) is 0 Å². The standard InChI is InChI=1S/C7H13N3O2/c1-5(11)10-3-2-9-4-6(10)7(8)12/h6,9H,2-4H2,1H3,(H2,8,12)/t6-/m1/s1. The van der Waals surface area contributed by atoms with Crippen LogP contribution >= 0.6 is 0 Å². The highest BCUT2D eigenvalue weighted by Gasteiger charge is 2.28. The van der Waals surface area contributed by atoms with E-state index in [1.165, 1.54) is 11.8 Å². The molecule has 3 N–H and O–H groups in total. The van der Waals surface area contributed by atoms with Crippen molar-refractivity contribution in [2.75, 3.05) is 19.6 Å². The minimum atomic E-state index is -0.476. The number of amides is 2. The first kappa shape index (κ1) is 8.99. The van der Waals surface area contributed by atoms with Crippen LogP contribution in [0.5, 0.6) is 0 Å². The van der Waals surface area contributed by atoms with Gasteiger partial charge < -0.3 is 16.0 Å². The lowest BCUT2D eigenvalue weighted by molar-refractivity contribution is -0.138.